The first-order chi connectivity index (χ1) is 13.0. The lowest BCUT2D eigenvalue weighted by molar-refractivity contribution is 0.623. The fraction of sp³-hybridized carbons (Fsp3) is 0.0625. The predicted molar refractivity (Wildman–Crippen MR) is 92.9 cm³/mol. The molecular weight excluding hydrogens is 378 g/mol. The molecule has 0 saturated heterocycles. The Morgan fingerprint density at radius 2 is 1.89 bits per heavy atom. The van der Waals surface area contributed by atoms with Crippen molar-refractivity contribution in [1.29, 1.82) is 0 Å². The zero-order valence-corrected chi connectivity index (χ0v) is 14.3. The molecule has 4 aromatic rings. The maximum atomic E-state index is 13.9. The number of nitrogens with zero attached hydrogens (tertiary/aromatic N) is 5. The molecule has 0 amide bonds. The highest BCUT2D eigenvalue weighted by molar-refractivity contribution is 7.98. The zero-order chi connectivity index (χ0) is 19.0. The number of thioether (sulfide) groups is 1. The highest BCUT2D eigenvalue weighted by Gasteiger charge is 2.18. The van der Waals surface area contributed by atoms with Gasteiger partial charge in [0.15, 0.2) is 22.3 Å². The quantitative estimate of drug-likeness (QED) is 0.533. The average molecular weight is 388 g/mol. The van der Waals surface area contributed by atoms with Crippen LogP contribution >= 0.6 is 11.8 Å². The normalized spacial score (nSPS) is 11.2. The molecule has 0 unspecified atom stereocenters. The van der Waals surface area contributed by atoms with Gasteiger partial charge in [0.25, 0.3) is 11.1 Å². The second-order valence-electron chi connectivity index (χ2n) is 5.44. The van der Waals surface area contributed by atoms with Crippen LogP contribution in [0.5, 0.6) is 0 Å². The first-order valence-corrected chi connectivity index (χ1v) is 8.60. The highest BCUT2D eigenvalue weighted by Crippen LogP contribution is 2.22. The third-order valence-electron chi connectivity index (χ3n) is 3.65. The number of nitrogens with one attached hydrogen (secondary N) is 1. The van der Waals surface area contributed by atoms with E-state index in [2.05, 4.69) is 20.2 Å². The van der Waals surface area contributed by atoms with E-state index in [4.69, 9.17) is 0 Å². The van der Waals surface area contributed by atoms with Crippen LogP contribution in [0.3, 0.4) is 0 Å². The fourth-order valence-corrected chi connectivity index (χ4v) is 3.31. The summed E-state index contributed by atoms with van der Waals surface area (Å²) in [6.07, 6.45) is 3.13. The second-order valence-corrected chi connectivity index (χ2v) is 6.38. The molecular formula is C16H10F2N6O2S. The number of halogens is 2. The van der Waals surface area contributed by atoms with Crippen molar-refractivity contribution in [2.75, 3.05) is 0 Å². The van der Waals surface area contributed by atoms with E-state index in [-0.39, 0.29) is 22.3 Å². The van der Waals surface area contributed by atoms with Crippen LogP contribution in [0, 0.1) is 11.6 Å². The van der Waals surface area contributed by atoms with Crippen LogP contribution in [0.15, 0.2) is 57.6 Å². The van der Waals surface area contributed by atoms with Gasteiger partial charge in [-0.3, -0.25) is 9.59 Å². The summed E-state index contributed by atoms with van der Waals surface area (Å²) >= 11 is 1.16. The predicted octanol–water partition coefficient (Wildman–Crippen LogP) is 1.53. The molecule has 1 N–H and O–H groups in total. The minimum Gasteiger partial charge on any atom is -0.324 e. The molecule has 0 fully saturated rings. The van der Waals surface area contributed by atoms with Crippen LogP contribution in [-0.4, -0.2) is 29.4 Å². The van der Waals surface area contributed by atoms with Crippen molar-refractivity contribution in [2.45, 2.75) is 10.9 Å². The molecule has 3 heterocycles. The lowest BCUT2D eigenvalue weighted by Gasteiger charge is -2.10. The molecule has 1 aromatic carbocycles. The summed E-state index contributed by atoms with van der Waals surface area (Å²) in [5, 5.41) is 8.09. The Hall–Kier alpha value is -3.34. The van der Waals surface area contributed by atoms with Gasteiger partial charge in [0.1, 0.15) is 5.82 Å². The molecule has 0 spiro atoms. The molecule has 4 rings (SSSR count). The van der Waals surface area contributed by atoms with E-state index < -0.39 is 16.9 Å². The number of aromatic nitrogens is 6. The molecule has 27 heavy (non-hydrogen) atoms. The highest BCUT2D eigenvalue weighted by atomic mass is 32.2. The van der Waals surface area contributed by atoms with Crippen LogP contribution in [0.4, 0.5) is 8.78 Å². The molecule has 0 bridgehead atoms. The van der Waals surface area contributed by atoms with Gasteiger partial charge in [0, 0.05) is 11.9 Å². The number of benzene rings is 1. The van der Waals surface area contributed by atoms with Crippen LogP contribution in [-0.2, 0) is 5.75 Å². The van der Waals surface area contributed by atoms with Crippen molar-refractivity contribution in [2.24, 2.45) is 0 Å². The third-order valence-corrected chi connectivity index (χ3v) is 4.65. The Balaban J connectivity index is 1.83. The summed E-state index contributed by atoms with van der Waals surface area (Å²) in [4.78, 5) is 30.4. The van der Waals surface area contributed by atoms with Crippen molar-refractivity contribution in [3.05, 3.63) is 80.8 Å². The number of H-pyrrole nitrogens is 1. The van der Waals surface area contributed by atoms with Gasteiger partial charge in [-0.2, -0.15) is 5.10 Å². The Kier molecular flexibility index (Phi) is 4.28. The van der Waals surface area contributed by atoms with E-state index >= 15 is 0 Å². The van der Waals surface area contributed by atoms with Gasteiger partial charge in [0.2, 0.25) is 0 Å². The van der Waals surface area contributed by atoms with E-state index in [0.29, 0.717) is 5.75 Å². The summed E-state index contributed by atoms with van der Waals surface area (Å²) in [6.45, 7) is 0. The Morgan fingerprint density at radius 3 is 2.59 bits per heavy atom. The van der Waals surface area contributed by atoms with Crippen molar-refractivity contribution in [3.63, 3.8) is 0 Å². The van der Waals surface area contributed by atoms with Gasteiger partial charge >= 0.3 is 0 Å². The Morgan fingerprint density at radius 1 is 1.11 bits per heavy atom. The van der Waals surface area contributed by atoms with E-state index in [1.54, 1.807) is 12.1 Å². The number of hydrogen-bond acceptors (Lipinski definition) is 6. The topological polar surface area (TPSA) is 97.9 Å². The van der Waals surface area contributed by atoms with Crippen molar-refractivity contribution < 1.29 is 8.78 Å². The molecule has 3 aromatic heterocycles. The molecule has 0 saturated carbocycles. The number of rotatable bonds is 4. The van der Waals surface area contributed by atoms with Gasteiger partial charge in [-0.25, -0.2) is 18.3 Å². The fourth-order valence-electron chi connectivity index (χ4n) is 2.38. The molecule has 0 atom stereocenters. The van der Waals surface area contributed by atoms with Crippen LogP contribution in [0.25, 0.3) is 11.3 Å². The van der Waals surface area contributed by atoms with Crippen LogP contribution in [0.2, 0.25) is 0 Å². The lowest BCUT2D eigenvalue weighted by Crippen LogP contribution is -2.26. The largest absolute Gasteiger partial charge is 0.324 e. The Labute approximate surface area is 153 Å². The van der Waals surface area contributed by atoms with Crippen LogP contribution in [0.1, 0.15) is 5.56 Å². The SMILES string of the molecule is O=c1cnc(-n2c(SCc3ccc(F)cc3)nn3ncc(F)c3c2=O)c[nH]1. The number of aromatic amines is 1. The molecule has 0 aliphatic rings. The Bertz CT molecular complexity index is 1230. The maximum absolute atomic E-state index is 13.9. The van der Waals surface area contributed by atoms with E-state index in [9.17, 15) is 18.4 Å². The van der Waals surface area contributed by atoms with Gasteiger partial charge < -0.3 is 4.98 Å². The monoisotopic (exact) mass is 388 g/mol. The number of hydrogen-bond donors (Lipinski definition) is 1. The van der Waals surface area contributed by atoms with E-state index in [0.717, 1.165) is 38.9 Å². The lowest BCUT2D eigenvalue weighted by atomic mass is 10.2. The minimum atomic E-state index is -0.819. The van der Waals surface area contributed by atoms with E-state index in [1.807, 2.05) is 0 Å². The second kappa shape index (κ2) is 6.76. The maximum Gasteiger partial charge on any atom is 0.289 e. The van der Waals surface area contributed by atoms with E-state index in [1.165, 1.54) is 18.3 Å². The summed E-state index contributed by atoms with van der Waals surface area (Å²) in [7, 11) is 0. The van der Waals surface area contributed by atoms with Crippen LogP contribution < -0.4 is 11.1 Å². The summed E-state index contributed by atoms with van der Waals surface area (Å²) in [6, 6.07) is 5.86. The molecule has 0 aliphatic heterocycles. The third kappa shape index (κ3) is 3.24. The average Bonchev–Trinajstić information content (AvgIpc) is 3.03. The number of fused-ring (bicyclic) bond motifs is 1. The standard InChI is InChI=1S/C16H10F2N6O2S/c17-10-3-1-9(2-4-10)8-27-16-22-24-14(11(18)5-21-24)15(26)23(16)12-6-20-13(25)7-19-12/h1-7H,8H2,(H,20,25). The summed E-state index contributed by atoms with van der Waals surface area (Å²) in [5.74, 6) is -0.729. The molecule has 136 valence electrons. The van der Waals surface area contributed by atoms with Gasteiger partial charge in [-0.1, -0.05) is 23.9 Å². The van der Waals surface area contributed by atoms with Gasteiger partial charge in [-0.05, 0) is 17.7 Å². The van der Waals surface area contributed by atoms with Crippen molar-refractivity contribution >= 4 is 17.3 Å². The molecule has 8 nitrogen and oxygen atoms in total. The first-order valence-electron chi connectivity index (χ1n) is 7.62. The minimum absolute atomic E-state index is 0.0804. The molecule has 0 aliphatic carbocycles. The van der Waals surface area contributed by atoms with Crippen molar-refractivity contribution in [3.8, 4) is 5.82 Å². The summed E-state index contributed by atoms with van der Waals surface area (Å²) < 4.78 is 29.0. The first kappa shape index (κ1) is 17.1. The van der Waals surface area contributed by atoms with Gasteiger partial charge in [-0.15, -0.1) is 9.73 Å². The summed E-state index contributed by atoms with van der Waals surface area (Å²) in [5.41, 5.74) is -0.712. The molecule has 0 radical (unpaired) electrons. The smallest absolute Gasteiger partial charge is 0.289 e. The molecule has 11 heteroatoms. The van der Waals surface area contributed by atoms with Crippen molar-refractivity contribution in [1.82, 2.24) is 29.4 Å². The zero-order valence-electron chi connectivity index (χ0n) is 13.5. The van der Waals surface area contributed by atoms with Gasteiger partial charge in [0.05, 0.1) is 12.4 Å².